The maximum absolute atomic E-state index is 10.8. The van der Waals surface area contributed by atoms with Crippen molar-refractivity contribution < 1.29 is 9.66 Å². The molecule has 0 bridgehead atoms. The van der Waals surface area contributed by atoms with E-state index in [1.165, 1.54) is 12.1 Å². The predicted molar refractivity (Wildman–Crippen MR) is 89.6 cm³/mol. The number of methoxy groups -OCH3 is 1. The van der Waals surface area contributed by atoms with Gasteiger partial charge >= 0.3 is 0 Å². The highest BCUT2D eigenvalue weighted by Crippen LogP contribution is 2.35. The predicted octanol–water partition coefficient (Wildman–Crippen LogP) is 3.07. The molecular weight excluding hydrogens is 357 g/mol. The van der Waals surface area contributed by atoms with Gasteiger partial charge in [0, 0.05) is 31.7 Å². The Hall–Kier alpha value is -1.90. The third-order valence-corrected chi connectivity index (χ3v) is 4.36. The average molecular weight is 372 g/mol. The molecule has 128 valence electrons. The third-order valence-electron chi connectivity index (χ3n) is 3.76. The molecule has 3 rings (SSSR count). The molecule has 1 atom stereocenters. The second-order valence-electron chi connectivity index (χ2n) is 5.48. The second-order valence-corrected chi connectivity index (χ2v) is 6.30. The first kappa shape index (κ1) is 16.9. The van der Waals surface area contributed by atoms with Gasteiger partial charge in [-0.25, -0.2) is 9.67 Å². The van der Waals surface area contributed by atoms with Crippen molar-refractivity contribution in [3.63, 3.8) is 0 Å². The maximum atomic E-state index is 10.8. The molecule has 8 nitrogen and oxygen atoms in total. The van der Waals surface area contributed by atoms with Gasteiger partial charge in [-0.15, -0.1) is 0 Å². The summed E-state index contributed by atoms with van der Waals surface area (Å²) in [5.41, 5.74) is 0.358. The molecule has 1 N–H and O–H groups in total. The third kappa shape index (κ3) is 3.45. The topological polar surface area (TPSA) is 95.1 Å². The molecule has 1 aliphatic heterocycles. The van der Waals surface area contributed by atoms with Crippen molar-refractivity contribution in [3.8, 4) is 0 Å². The zero-order chi connectivity index (χ0) is 17.3. The van der Waals surface area contributed by atoms with Crippen LogP contribution in [0.2, 0.25) is 10.0 Å². The highest BCUT2D eigenvalue weighted by molar-refractivity contribution is 6.39. The lowest BCUT2D eigenvalue weighted by Gasteiger charge is -2.25. The van der Waals surface area contributed by atoms with Gasteiger partial charge < -0.3 is 10.1 Å². The van der Waals surface area contributed by atoms with Gasteiger partial charge in [-0.3, -0.25) is 10.1 Å². The Morgan fingerprint density at radius 3 is 2.79 bits per heavy atom. The summed E-state index contributed by atoms with van der Waals surface area (Å²) in [7, 11) is 1.60. The number of halogens is 2. The van der Waals surface area contributed by atoms with Gasteiger partial charge in [0.05, 0.1) is 27.2 Å². The Morgan fingerprint density at radius 1 is 1.46 bits per heavy atom. The van der Waals surface area contributed by atoms with Crippen molar-refractivity contribution >= 4 is 34.6 Å². The summed E-state index contributed by atoms with van der Waals surface area (Å²) in [4.78, 5) is 14.7. The number of fused-ring (bicyclic) bond motifs is 1. The first-order valence-corrected chi connectivity index (χ1v) is 8.05. The smallest absolute Gasteiger partial charge is 0.272 e. The fourth-order valence-electron chi connectivity index (χ4n) is 2.68. The van der Waals surface area contributed by atoms with Crippen molar-refractivity contribution in [1.82, 2.24) is 14.8 Å². The Kier molecular flexibility index (Phi) is 4.88. The van der Waals surface area contributed by atoms with Crippen molar-refractivity contribution in [2.75, 3.05) is 12.4 Å². The van der Waals surface area contributed by atoms with E-state index in [9.17, 15) is 10.1 Å². The number of hydrogen-bond acceptors (Lipinski definition) is 6. The van der Waals surface area contributed by atoms with Gasteiger partial charge in [-0.05, 0) is 6.42 Å². The van der Waals surface area contributed by atoms with Gasteiger partial charge in [0.1, 0.15) is 12.4 Å². The molecule has 0 amide bonds. The maximum Gasteiger partial charge on any atom is 0.272 e. The van der Waals surface area contributed by atoms with Crippen LogP contribution in [0.25, 0.3) is 0 Å². The van der Waals surface area contributed by atoms with E-state index >= 15 is 0 Å². The normalized spacial score (nSPS) is 16.7. The second kappa shape index (κ2) is 6.92. The fourth-order valence-corrected chi connectivity index (χ4v) is 3.26. The highest BCUT2D eigenvalue weighted by Gasteiger charge is 2.24. The number of rotatable bonds is 5. The molecule has 0 saturated carbocycles. The van der Waals surface area contributed by atoms with Gasteiger partial charge in [0.25, 0.3) is 5.69 Å². The Bertz CT molecular complexity index is 757. The van der Waals surface area contributed by atoms with Crippen LogP contribution in [-0.2, 0) is 24.3 Å². The number of nitro groups is 1. The van der Waals surface area contributed by atoms with E-state index in [0.29, 0.717) is 24.7 Å². The Balaban J connectivity index is 1.76. The number of aryl methyl sites for hydroxylation is 1. The molecule has 0 aliphatic carbocycles. The number of hydrogen-bond donors (Lipinski definition) is 1. The summed E-state index contributed by atoms with van der Waals surface area (Å²) in [6.45, 7) is 0.980. The average Bonchev–Trinajstić information content (AvgIpc) is 2.92. The lowest BCUT2D eigenvalue weighted by Crippen LogP contribution is -2.32. The zero-order valence-corrected chi connectivity index (χ0v) is 14.3. The van der Waals surface area contributed by atoms with E-state index < -0.39 is 4.92 Å². The molecule has 24 heavy (non-hydrogen) atoms. The van der Waals surface area contributed by atoms with Gasteiger partial charge in [0.15, 0.2) is 5.82 Å². The molecular formula is C14H15Cl2N5O3. The monoisotopic (exact) mass is 371 g/mol. The number of benzene rings is 1. The van der Waals surface area contributed by atoms with Gasteiger partial charge in [0.2, 0.25) is 0 Å². The van der Waals surface area contributed by atoms with Crippen LogP contribution < -0.4 is 5.32 Å². The first-order valence-electron chi connectivity index (χ1n) is 7.29. The summed E-state index contributed by atoms with van der Waals surface area (Å²) in [5, 5.41) is 18.9. The fraction of sp³-hybridized carbons (Fsp3) is 0.429. The Morgan fingerprint density at radius 2 is 2.17 bits per heavy atom. The molecule has 0 saturated heterocycles. The summed E-state index contributed by atoms with van der Waals surface area (Å²) < 4.78 is 6.88. The number of nitrogens with one attached hydrogen (secondary N) is 1. The standard InChI is InChI=1S/C14H15Cl2N5O3/c1-24-7-12-18-13-3-2-8(6-20(13)19-12)17-14-10(15)4-9(21(22)23)5-11(14)16/h4-5,8,17H,2-3,6-7H2,1H3. The molecule has 2 aromatic rings. The van der Waals surface area contributed by atoms with Crippen LogP contribution in [0.4, 0.5) is 11.4 Å². The SMILES string of the molecule is COCc1nc2n(n1)CC(Nc1c(Cl)cc([N+](=O)[O-])cc1Cl)CC2. The van der Waals surface area contributed by atoms with Crippen molar-refractivity contribution in [2.45, 2.75) is 32.0 Å². The number of anilines is 1. The number of nitro benzene ring substituents is 1. The quantitative estimate of drug-likeness (QED) is 0.640. The molecule has 1 aromatic carbocycles. The number of nitrogens with zero attached hydrogens (tertiary/aromatic N) is 4. The van der Waals surface area contributed by atoms with E-state index in [1.54, 1.807) is 7.11 Å². The number of non-ortho nitro benzene ring substituents is 1. The van der Waals surface area contributed by atoms with Crippen molar-refractivity contribution in [2.24, 2.45) is 0 Å². The summed E-state index contributed by atoms with van der Waals surface area (Å²) in [5.74, 6) is 1.57. The first-order chi connectivity index (χ1) is 11.5. The van der Waals surface area contributed by atoms with E-state index in [4.69, 9.17) is 27.9 Å². The van der Waals surface area contributed by atoms with E-state index in [2.05, 4.69) is 15.4 Å². The largest absolute Gasteiger partial charge is 0.378 e. The van der Waals surface area contributed by atoms with Crippen LogP contribution in [0.3, 0.4) is 0 Å². The highest BCUT2D eigenvalue weighted by atomic mass is 35.5. The van der Waals surface area contributed by atoms with E-state index in [-0.39, 0.29) is 21.8 Å². The van der Waals surface area contributed by atoms with Crippen LogP contribution in [0.5, 0.6) is 0 Å². The molecule has 0 radical (unpaired) electrons. The van der Waals surface area contributed by atoms with Crippen molar-refractivity contribution in [1.29, 1.82) is 0 Å². The molecule has 0 spiro atoms. The Labute approximate surface area is 147 Å². The molecule has 2 heterocycles. The molecule has 0 fully saturated rings. The van der Waals surface area contributed by atoms with Crippen LogP contribution in [0, 0.1) is 10.1 Å². The lowest BCUT2D eigenvalue weighted by atomic mass is 10.1. The minimum Gasteiger partial charge on any atom is -0.378 e. The number of aromatic nitrogens is 3. The zero-order valence-electron chi connectivity index (χ0n) is 12.8. The minimum atomic E-state index is -0.527. The summed E-state index contributed by atoms with van der Waals surface area (Å²) in [6.07, 6.45) is 1.59. The molecule has 1 aliphatic rings. The van der Waals surface area contributed by atoms with Gasteiger partial charge in [-0.1, -0.05) is 23.2 Å². The van der Waals surface area contributed by atoms with Crippen LogP contribution >= 0.6 is 23.2 Å². The van der Waals surface area contributed by atoms with Crippen molar-refractivity contribution in [3.05, 3.63) is 43.9 Å². The summed E-state index contributed by atoms with van der Waals surface area (Å²) >= 11 is 12.3. The molecule has 1 aromatic heterocycles. The molecule has 10 heteroatoms. The van der Waals surface area contributed by atoms with Crippen LogP contribution in [-0.4, -0.2) is 32.8 Å². The van der Waals surface area contributed by atoms with Gasteiger partial charge in [-0.2, -0.15) is 5.10 Å². The molecule has 1 unspecified atom stereocenters. The van der Waals surface area contributed by atoms with Crippen LogP contribution in [0.1, 0.15) is 18.1 Å². The lowest BCUT2D eigenvalue weighted by molar-refractivity contribution is -0.384. The number of ether oxygens (including phenoxy) is 1. The summed E-state index contributed by atoms with van der Waals surface area (Å²) in [6, 6.07) is 2.62. The van der Waals surface area contributed by atoms with E-state index in [1.807, 2.05) is 4.68 Å². The minimum absolute atomic E-state index is 0.0473. The van der Waals surface area contributed by atoms with E-state index in [0.717, 1.165) is 18.7 Å². The van der Waals surface area contributed by atoms with Crippen LogP contribution in [0.15, 0.2) is 12.1 Å².